The maximum Gasteiger partial charge on any atom is 0.176 e. The summed E-state index contributed by atoms with van der Waals surface area (Å²) in [6.45, 7) is 3.21. The summed E-state index contributed by atoms with van der Waals surface area (Å²) in [5, 5.41) is 0.736. The lowest BCUT2D eigenvalue weighted by molar-refractivity contribution is -0.178. The highest BCUT2D eigenvalue weighted by molar-refractivity contribution is 6.30. The van der Waals surface area contributed by atoms with Crippen molar-refractivity contribution in [1.82, 2.24) is 4.90 Å². The molecule has 0 amide bonds. The largest absolute Gasteiger partial charge is 0.354 e. The average molecular weight is 287 g/mol. The van der Waals surface area contributed by atoms with E-state index in [0.717, 1.165) is 17.1 Å². The number of hydrogen-bond acceptors (Lipinski definition) is 4. The minimum Gasteiger partial charge on any atom is -0.354 e. The zero-order valence-corrected chi connectivity index (χ0v) is 12.8. The molecular formula is C14H23ClN2O2. The normalized spacial score (nSPS) is 14.9. The van der Waals surface area contributed by atoms with E-state index in [1.807, 2.05) is 38.2 Å². The summed E-state index contributed by atoms with van der Waals surface area (Å²) in [7, 11) is 5.25. The van der Waals surface area contributed by atoms with E-state index in [4.69, 9.17) is 26.8 Å². The standard InChI is InChI=1S/C14H23ClN2O2/c1-14(10-16,13(18-3)19-4)17(2)9-11-5-7-12(15)8-6-11/h5-8,13H,9-10,16H2,1-4H3. The number of benzene rings is 1. The van der Waals surface area contributed by atoms with Crippen LogP contribution >= 0.6 is 11.6 Å². The van der Waals surface area contributed by atoms with Gasteiger partial charge < -0.3 is 15.2 Å². The Hall–Kier alpha value is -0.650. The Labute approximate surface area is 120 Å². The van der Waals surface area contributed by atoms with Gasteiger partial charge in [-0.1, -0.05) is 23.7 Å². The Morgan fingerprint density at radius 1 is 1.26 bits per heavy atom. The molecule has 1 atom stereocenters. The molecule has 0 aliphatic heterocycles. The van der Waals surface area contributed by atoms with Crippen LogP contribution in [0.25, 0.3) is 0 Å². The summed E-state index contributed by atoms with van der Waals surface area (Å²) in [5.74, 6) is 0. The summed E-state index contributed by atoms with van der Waals surface area (Å²) in [4.78, 5) is 2.13. The minimum absolute atomic E-state index is 0.380. The van der Waals surface area contributed by atoms with Crippen LogP contribution in [0.3, 0.4) is 0 Å². The molecule has 1 aromatic rings. The molecule has 0 saturated heterocycles. The zero-order valence-electron chi connectivity index (χ0n) is 12.0. The van der Waals surface area contributed by atoms with E-state index in [1.54, 1.807) is 14.2 Å². The third kappa shape index (κ3) is 3.91. The van der Waals surface area contributed by atoms with Crippen molar-refractivity contribution in [3.63, 3.8) is 0 Å². The fourth-order valence-corrected chi connectivity index (χ4v) is 2.21. The first-order chi connectivity index (χ1) is 8.97. The lowest BCUT2D eigenvalue weighted by Gasteiger charge is -2.42. The van der Waals surface area contributed by atoms with Crippen LogP contribution in [-0.2, 0) is 16.0 Å². The van der Waals surface area contributed by atoms with Crippen molar-refractivity contribution >= 4 is 11.6 Å². The van der Waals surface area contributed by atoms with Crippen molar-refractivity contribution in [3.05, 3.63) is 34.9 Å². The van der Waals surface area contributed by atoms with Gasteiger partial charge in [-0.3, -0.25) is 4.90 Å². The smallest absolute Gasteiger partial charge is 0.176 e. The fourth-order valence-electron chi connectivity index (χ4n) is 2.08. The third-order valence-electron chi connectivity index (χ3n) is 3.55. The molecule has 0 aliphatic rings. The van der Waals surface area contributed by atoms with E-state index in [-0.39, 0.29) is 6.29 Å². The van der Waals surface area contributed by atoms with Gasteiger partial charge >= 0.3 is 0 Å². The van der Waals surface area contributed by atoms with Crippen molar-refractivity contribution in [2.24, 2.45) is 5.73 Å². The molecule has 2 N–H and O–H groups in total. The number of likely N-dealkylation sites (N-methyl/N-ethyl adjacent to an activating group) is 1. The number of hydrogen-bond donors (Lipinski definition) is 1. The van der Waals surface area contributed by atoms with Crippen molar-refractivity contribution in [2.45, 2.75) is 25.3 Å². The summed E-state index contributed by atoms with van der Waals surface area (Å²) in [6, 6.07) is 7.78. The molecule has 4 nitrogen and oxygen atoms in total. The lowest BCUT2D eigenvalue weighted by Crippen LogP contribution is -2.58. The number of nitrogens with zero attached hydrogens (tertiary/aromatic N) is 1. The van der Waals surface area contributed by atoms with E-state index in [1.165, 1.54) is 0 Å². The lowest BCUT2D eigenvalue weighted by atomic mass is 9.98. The molecule has 0 heterocycles. The van der Waals surface area contributed by atoms with Gasteiger partial charge in [0.1, 0.15) is 0 Å². The molecule has 0 fully saturated rings. The maximum absolute atomic E-state index is 5.91. The molecule has 0 bridgehead atoms. The van der Waals surface area contributed by atoms with Gasteiger partial charge in [-0.25, -0.2) is 0 Å². The van der Waals surface area contributed by atoms with E-state index >= 15 is 0 Å². The summed E-state index contributed by atoms with van der Waals surface area (Å²) >= 11 is 5.89. The fraction of sp³-hybridized carbons (Fsp3) is 0.571. The molecule has 0 saturated carbocycles. The Balaban J connectivity index is 2.83. The number of methoxy groups -OCH3 is 2. The van der Waals surface area contributed by atoms with Crippen LogP contribution in [0.15, 0.2) is 24.3 Å². The van der Waals surface area contributed by atoms with Crippen LogP contribution in [-0.4, -0.2) is 44.5 Å². The Bertz CT molecular complexity index is 382. The van der Waals surface area contributed by atoms with Crippen molar-refractivity contribution in [2.75, 3.05) is 27.8 Å². The van der Waals surface area contributed by atoms with Gasteiger partial charge in [-0.05, 0) is 31.7 Å². The number of nitrogens with two attached hydrogens (primary N) is 1. The molecule has 5 heteroatoms. The molecule has 108 valence electrons. The van der Waals surface area contributed by atoms with Crippen molar-refractivity contribution in [3.8, 4) is 0 Å². The van der Waals surface area contributed by atoms with Crippen LogP contribution in [0.2, 0.25) is 5.02 Å². The van der Waals surface area contributed by atoms with Gasteiger partial charge in [0.15, 0.2) is 6.29 Å². The molecule has 1 aromatic carbocycles. The topological polar surface area (TPSA) is 47.7 Å². The van der Waals surface area contributed by atoms with E-state index in [0.29, 0.717) is 6.54 Å². The first kappa shape index (κ1) is 16.4. The second kappa shape index (κ2) is 7.22. The monoisotopic (exact) mass is 286 g/mol. The second-order valence-electron chi connectivity index (χ2n) is 4.85. The zero-order chi connectivity index (χ0) is 14.5. The predicted molar refractivity (Wildman–Crippen MR) is 78.2 cm³/mol. The molecule has 1 rings (SSSR count). The molecule has 1 unspecified atom stereocenters. The maximum atomic E-state index is 5.91. The average Bonchev–Trinajstić information content (AvgIpc) is 2.42. The highest BCUT2D eigenvalue weighted by Gasteiger charge is 2.37. The van der Waals surface area contributed by atoms with Crippen LogP contribution in [0.1, 0.15) is 12.5 Å². The number of ether oxygens (including phenoxy) is 2. The van der Waals surface area contributed by atoms with Crippen LogP contribution < -0.4 is 5.73 Å². The van der Waals surface area contributed by atoms with Crippen LogP contribution in [0.4, 0.5) is 0 Å². The quantitative estimate of drug-likeness (QED) is 0.780. The molecule has 19 heavy (non-hydrogen) atoms. The molecule has 0 aromatic heterocycles. The van der Waals surface area contributed by atoms with Crippen LogP contribution in [0.5, 0.6) is 0 Å². The first-order valence-corrected chi connectivity index (χ1v) is 6.57. The van der Waals surface area contributed by atoms with Crippen molar-refractivity contribution in [1.29, 1.82) is 0 Å². The van der Waals surface area contributed by atoms with E-state index in [9.17, 15) is 0 Å². The minimum atomic E-state index is -0.400. The summed E-state index contributed by atoms with van der Waals surface area (Å²) < 4.78 is 10.7. The third-order valence-corrected chi connectivity index (χ3v) is 3.81. The molecule has 0 radical (unpaired) electrons. The molecule has 0 aliphatic carbocycles. The Morgan fingerprint density at radius 3 is 2.21 bits per heavy atom. The number of rotatable bonds is 7. The second-order valence-corrected chi connectivity index (χ2v) is 5.28. The van der Waals surface area contributed by atoms with Gasteiger partial charge in [-0.15, -0.1) is 0 Å². The SMILES string of the molecule is COC(OC)C(C)(CN)N(C)Cc1ccc(Cl)cc1. The Kier molecular flexibility index (Phi) is 6.23. The number of halogens is 1. The Morgan fingerprint density at radius 2 is 1.79 bits per heavy atom. The van der Waals surface area contributed by atoms with Gasteiger partial charge in [0.05, 0.1) is 5.54 Å². The van der Waals surface area contributed by atoms with Gasteiger partial charge in [0, 0.05) is 32.3 Å². The van der Waals surface area contributed by atoms with Gasteiger partial charge in [0.25, 0.3) is 0 Å². The van der Waals surface area contributed by atoms with E-state index < -0.39 is 5.54 Å². The molecule has 0 spiro atoms. The predicted octanol–water partition coefficient (Wildman–Crippen LogP) is 2.11. The highest BCUT2D eigenvalue weighted by atomic mass is 35.5. The van der Waals surface area contributed by atoms with E-state index in [2.05, 4.69) is 4.90 Å². The summed E-state index contributed by atoms with van der Waals surface area (Å²) in [6.07, 6.45) is -0.380. The van der Waals surface area contributed by atoms with Crippen molar-refractivity contribution < 1.29 is 9.47 Å². The highest BCUT2D eigenvalue weighted by Crippen LogP contribution is 2.22. The van der Waals surface area contributed by atoms with Gasteiger partial charge in [-0.2, -0.15) is 0 Å². The molecular weight excluding hydrogens is 264 g/mol. The first-order valence-electron chi connectivity index (χ1n) is 6.19. The van der Waals surface area contributed by atoms with Gasteiger partial charge in [0.2, 0.25) is 0 Å². The summed E-state index contributed by atoms with van der Waals surface area (Å²) in [5.41, 5.74) is 6.68. The van der Waals surface area contributed by atoms with Crippen LogP contribution in [0, 0.1) is 0 Å².